The highest BCUT2D eigenvalue weighted by molar-refractivity contribution is 7.12. The first-order valence-electron chi connectivity index (χ1n) is 6.94. The molecule has 0 bridgehead atoms. The molecule has 0 spiro atoms. The summed E-state index contributed by atoms with van der Waals surface area (Å²) < 4.78 is 39.9. The van der Waals surface area contributed by atoms with Crippen LogP contribution in [0, 0.1) is 0 Å². The molecule has 0 unspecified atom stereocenters. The number of hydrogen-bond donors (Lipinski definition) is 2. The number of nitrogens with two attached hydrogens (primary N) is 1. The van der Waals surface area contributed by atoms with Crippen LogP contribution in [0.4, 0.5) is 13.2 Å². The lowest BCUT2D eigenvalue weighted by atomic mass is 10.2. The number of thiophene rings is 1. The van der Waals surface area contributed by atoms with Crippen molar-refractivity contribution >= 4 is 23.1 Å². The highest BCUT2D eigenvalue weighted by Gasteiger charge is 2.30. The maximum absolute atomic E-state index is 12.0. The van der Waals surface area contributed by atoms with Gasteiger partial charge in [-0.05, 0) is 29.1 Å². The first kappa shape index (κ1) is 18.6. The molecule has 0 aliphatic carbocycles. The molecule has 0 atom stereocenters. The average Bonchev–Trinajstić information content (AvgIpc) is 3.07. The molecule has 1 aromatic carbocycles. The molecule has 2 rings (SSSR count). The van der Waals surface area contributed by atoms with Crippen LogP contribution in [-0.2, 0) is 16.2 Å². The van der Waals surface area contributed by atoms with Crippen LogP contribution >= 0.6 is 11.3 Å². The van der Waals surface area contributed by atoms with E-state index in [1.54, 1.807) is 12.1 Å². The smallest absolute Gasteiger partial charge is 0.406 e. The number of nitrogens with one attached hydrogen (secondary N) is 1. The second-order valence-electron chi connectivity index (χ2n) is 4.70. The Morgan fingerprint density at radius 3 is 2.56 bits per heavy atom. The third-order valence-electron chi connectivity index (χ3n) is 2.78. The van der Waals surface area contributed by atoms with Crippen LogP contribution in [0.2, 0.25) is 0 Å². The summed E-state index contributed by atoms with van der Waals surface area (Å²) in [5.74, 6) is -0.606. The van der Waals surface area contributed by atoms with E-state index in [2.05, 4.69) is 15.2 Å². The number of hydrogen-bond acceptors (Lipinski definition) is 5. The summed E-state index contributed by atoms with van der Waals surface area (Å²) in [6, 6.07) is 8.72. The summed E-state index contributed by atoms with van der Waals surface area (Å²) in [7, 11) is 0. The molecule has 3 N–H and O–H groups in total. The topological polar surface area (TPSA) is 85.9 Å². The number of carbonyl (C=O) groups is 1. The third-order valence-corrected chi connectivity index (χ3v) is 3.67. The summed E-state index contributed by atoms with van der Waals surface area (Å²) >= 11 is 1.38. The Bertz CT molecular complexity index is 716. The third kappa shape index (κ3) is 6.71. The number of nitrogens with zero attached hydrogens (tertiary/aromatic N) is 1. The SMILES string of the molecule is N/C(=N/OCC(=O)NCc1ccc(OC(F)(F)F)cc1)c1cccs1. The molecule has 1 heterocycles. The zero-order valence-electron chi connectivity index (χ0n) is 12.7. The van der Waals surface area contributed by atoms with E-state index in [0.717, 1.165) is 17.0 Å². The van der Waals surface area contributed by atoms with Crippen molar-refractivity contribution in [1.82, 2.24) is 5.32 Å². The van der Waals surface area contributed by atoms with E-state index in [-0.39, 0.29) is 24.7 Å². The Labute approximate surface area is 145 Å². The van der Waals surface area contributed by atoms with Gasteiger partial charge in [-0.15, -0.1) is 24.5 Å². The number of amidine groups is 1. The van der Waals surface area contributed by atoms with E-state index in [0.29, 0.717) is 5.56 Å². The van der Waals surface area contributed by atoms with Gasteiger partial charge in [0, 0.05) is 6.54 Å². The molecule has 0 saturated heterocycles. The minimum Gasteiger partial charge on any atom is -0.406 e. The van der Waals surface area contributed by atoms with Crippen LogP contribution in [0.3, 0.4) is 0 Å². The average molecular weight is 373 g/mol. The second-order valence-corrected chi connectivity index (χ2v) is 5.64. The zero-order valence-corrected chi connectivity index (χ0v) is 13.6. The maximum atomic E-state index is 12.0. The van der Waals surface area contributed by atoms with Gasteiger partial charge >= 0.3 is 6.36 Å². The van der Waals surface area contributed by atoms with Gasteiger partial charge < -0.3 is 20.6 Å². The van der Waals surface area contributed by atoms with Gasteiger partial charge in [0.15, 0.2) is 12.4 Å². The Hall–Kier alpha value is -2.75. The summed E-state index contributed by atoms with van der Waals surface area (Å²) in [6.45, 7) is -0.208. The van der Waals surface area contributed by atoms with Gasteiger partial charge in [0.25, 0.3) is 5.91 Å². The number of halogens is 3. The lowest BCUT2D eigenvalue weighted by molar-refractivity contribution is -0.274. The molecular formula is C15H14F3N3O3S. The van der Waals surface area contributed by atoms with E-state index in [9.17, 15) is 18.0 Å². The van der Waals surface area contributed by atoms with Crippen molar-refractivity contribution in [3.05, 3.63) is 52.2 Å². The first-order valence-corrected chi connectivity index (χ1v) is 7.82. The number of ether oxygens (including phenoxy) is 1. The zero-order chi connectivity index (χ0) is 18.3. The quantitative estimate of drug-likeness (QED) is 0.444. The molecule has 134 valence electrons. The highest BCUT2D eigenvalue weighted by Crippen LogP contribution is 2.22. The number of benzene rings is 1. The minimum absolute atomic E-state index is 0.124. The fourth-order valence-electron chi connectivity index (χ4n) is 1.69. The molecule has 25 heavy (non-hydrogen) atoms. The summed E-state index contributed by atoms with van der Waals surface area (Å²) in [5.41, 5.74) is 6.26. The molecule has 10 heteroatoms. The van der Waals surface area contributed by atoms with Crippen LogP contribution in [0.25, 0.3) is 0 Å². The lowest BCUT2D eigenvalue weighted by Gasteiger charge is -2.09. The predicted octanol–water partition coefficient (Wildman–Crippen LogP) is 2.60. The Morgan fingerprint density at radius 2 is 1.96 bits per heavy atom. The van der Waals surface area contributed by atoms with Crippen LogP contribution in [-0.4, -0.2) is 24.7 Å². The molecule has 1 aromatic heterocycles. The normalized spacial score (nSPS) is 11.9. The van der Waals surface area contributed by atoms with Gasteiger partial charge in [-0.3, -0.25) is 4.79 Å². The van der Waals surface area contributed by atoms with Gasteiger partial charge in [0.1, 0.15) is 5.75 Å². The summed E-state index contributed by atoms with van der Waals surface area (Å²) in [4.78, 5) is 17.2. The Morgan fingerprint density at radius 1 is 1.24 bits per heavy atom. The Balaban J connectivity index is 1.73. The molecule has 0 aliphatic rings. The molecule has 0 radical (unpaired) electrons. The number of amides is 1. The van der Waals surface area contributed by atoms with Crippen molar-refractivity contribution < 1.29 is 27.5 Å². The molecule has 1 amide bonds. The fourth-order valence-corrected chi connectivity index (χ4v) is 2.31. The van der Waals surface area contributed by atoms with Gasteiger partial charge in [-0.2, -0.15) is 0 Å². The molecule has 0 aliphatic heterocycles. The molecule has 0 saturated carbocycles. The van der Waals surface area contributed by atoms with E-state index in [4.69, 9.17) is 10.6 Å². The number of alkyl halides is 3. The van der Waals surface area contributed by atoms with Crippen LogP contribution in [0.1, 0.15) is 10.4 Å². The van der Waals surface area contributed by atoms with Crippen molar-refractivity contribution in [2.24, 2.45) is 10.9 Å². The first-order chi connectivity index (χ1) is 11.8. The predicted molar refractivity (Wildman–Crippen MR) is 86.0 cm³/mol. The van der Waals surface area contributed by atoms with Crippen molar-refractivity contribution in [3.63, 3.8) is 0 Å². The Kier molecular flexibility index (Phi) is 6.23. The van der Waals surface area contributed by atoms with Crippen molar-refractivity contribution in [3.8, 4) is 5.75 Å². The van der Waals surface area contributed by atoms with Crippen molar-refractivity contribution in [2.45, 2.75) is 12.9 Å². The molecule has 2 aromatic rings. The van der Waals surface area contributed by atoms with Crippen molar-refractivity contribution in [1.29, 1.82) is 0 Å². The van der Waals surface area contributed by atoms with Crippen LogP contribution < -0.4 is 15.8 Å². The largest absolute Gasteiger partial charge is 0.573 e. The molecule has 0 fully saturated rings. The second kappa shape index (κ2) is 8.38. The van der Waals surface area contributed by atoms with Crippen LogP contribution in [0.15, 0.2) is 46.9 Å². The van der Waals surface area contributed by atoms with E-state index in [1.807, 2.05) is 5.38 Å². The minimum atomic E-state index is -4.74. The fraction of sp³-hybridized carbons (Fsp3) is 0.200. The summed E-state index contributed by atoms with van der Waals surface area (Å²) in [6.07, 6.45) is -4.74. The molecular weight excluding hydrogens is 359 g/mol. The van der Waals surface area contributed by atoms with E-state index >= 15 is 0 Å². The standard InChI is InChI=1S/C15H14F3N3O3S/c16-15(17,18)24-11-5-3-10(4-6-11)8-20-13(22)9-23-21-14(19)12-2-1-7-25-12/h1-7H,8-9H2,(H2,19,21)(H,20,22). The number of rotatable bonds is 7. The van der Waals surface area contributed by atoms with Gasteiger partial charge in [-0.1, -0.05) is 23.4 Å². The number of carbonyl (C=O) groups excluding carboxylic acids is 1. The molecule has 6 nitrogen and oxygen atoms in total. The van der Waals surface area contributed by atoms with Crippen molar-refractivity contribution in [2.75, 3.05) is 6.61 Å². The highest BCUT2D eigenvalue weighted by atomic mass is 32.1. The lowest BCUT2D eigenvalue weighted by Crippen LogP contribution is -2.27. The van der Waals surface area contributed by atoms with Crippen LogP contribution in [0.5, 0.6) is 5.75 Å². The van der Waals surface area contributed by atoms with E-state index < -0.39 is 12.3 Å². The van der Waals surface area contributed by atoms with Gasteiger partial charge in [0.05, 0.1) is 4.88 Å². The van der Waals surface area contributed by atoms with Gasteiger partial charge in [0.2, 0.25) is 0 Å². The maximum Gasteiger partial charge on any atom is 0.573 e. The number of oxime groups is 1. The summed E-state index contributed by atoms with van der Waals surface area (Å²) in [5, 5.41) is 8.00. The van der Waals surface area contributed by atoms with E-state index in [1.165, 1.54) is 23.5 Å². The monoisotopic (exact) mass is 373 g/mol. The van der Waals surface area contributed by atoms with Gasteiger partial charge in [-0.25, -0.2) is 0 Å².